The van der Waals surface area contributed by atoms with Gasteiger partial charge in [0.25, 0.3) is 11.8 Å². The van der Waals surface area contributed by atoms with E-state index in [1.165, 1.54) is 0 Å². The van der Waals surface area contributed by atoms with Crippen LogP contribution < -0.4 is 4.90 Å². The first-order valence-electron chi connectivity index (χ1n) is 8.85. The summed E-state index contributed by atoms with van der Waals surface area (Å²) in [6, 6.07) is 10.3. The first-order valence-corrected chi connectivity index (χ1v) is 8.85. The van der Waals surface area contributed by atoms with E-state index in [9.17, 15) is 14.4 Å². The maximum atomic E-state index is 12.8. The van der Waals surface area contributed by atoms with Crippen molar-refractivity contribution < 1.29 is 19.2 Å². The lowest BCUT2D eigenvalue weighted by Crippen LogP contribution is -2.46. The van der Waals surface area contributed by atoms with E-state index in [1.807, 2.05) is 19.1 Å². The van der Waals surface area contributed by atoms with Crippen molar-refractivity contribution in [2.75, 3.05) is 18.0 Å². The average Bonchev–Trinajstić information content (AvgIpc) is 2.94. The van der Waals surface area contributed by atoms with Crippen LogP contribution in [-0.4, -0.2) is 40.9 Å². The second kappa shape index (κ2) is 6.50. The van der Waals surface area contributed by atoms with Crippen molar-refractivity contribution in [2.24, 2.45) is 5.41 Å². The third-order valence-corrected chi connectivity index (χ3v) is 5.32. The molecule has 1 aromatic carbocycles. The Labute approximate surface area is 156 Å². The van der Waals surface area contributed by atoms with Crippen molar-refractivity contribution in [2.45, 2.75) is 19.8 Å². The number of aromatic nitrogens is 1. The van der Waals surface area contributed by atoms with Gasteiger partial charge in [-0.1, -0.05) is 17.2 Å². The molecule has 2 aliphatic rings. The molecular weight excluding hydrogens is 346 g/mol. The van der Waals surface area contributed by atoms with Gasteiger partial charge in [0.15, 0.2) is 0 Å². The number of imide groups is 1. The second-order valence-corrected chi connectivity index (χ2v) is 7.08. The van der Waals surface area contributed by atoms with Crippen molar-refractivity contribution in [3.63, 3.8) is 0 Å². The smallest absolute Gasteiger partial charge is 0.339 e. The van der Waals surface area contributed by atoms with E-state index in [0.717, 1.165) is 5.69 Å². The number of carbonyl (C=O) groups excluding carboxylic acids is 3. The van der Waals surface area contributed by atoms with Crippen LogP contribution in [0.4, 0.5) is 5.69 Å². The zero-order valence-electron chi connectivity index (χ0n) is 14.9. The highest BCUT2D eigenvalue weighted by molar-refractivity contribution is 6.20. The number of rotatable bonds is 3. The molecule has 4 rings (SSSR count). The first kappa shape index (κ1) is 17.2. The minimum Gasteiger partial charge on any atom is -0.371 e. The van der Waals surface area contributed by atoms with Crippen LogP contribution in [0.5, 0.6) is 0 Å². The summed E-state index contributed by atoms with van der Waals surface area (Å²) in [5, 5.41) is 0.591. The molecule has 27 heavy (non-hydrogen) atoms. The molecule has 0 spiro atoms. The van der Waals surface area contributed by atoms with E-state index in [1.54, 1.807) is 36.7 Å². The first-order chi connectivity index (χ1) is 13.0. The van der Waals surface area contributed by atoms with Crippen LogP contribution in [0.2, 0.25) is 0 Å². The predicted octanol–water partition coefficient (Wildman–Crippen LogP) is 2.44. The third-order valence-electron chi connectivity index (χ3n) is 5.32. The summed E-state index contributed by atoms with van der Waals surface area (Å²) in [6.45, 7) is 3.17. The van der Waals surface area contributed by atoms with Gasteiger partial charge in [-0.2, -0.15) is 0 Å². The highest BCUT2D eigenvalue weighted by atomic mass is 16.7. The van der Waals surface area contributed by atoms with Gasteiger partial charge >= 0.3 is 5.97 Å². The van der Waals surface area contributed by atoms with E-state index in [4.69, 9.17) is 4.84 Å². The number of piperidine rings is 1. The number of carbonyl (C=O) groups is 3. The Morgan fingerprint density at radius 1 is 1.00 bits per heavy atom. The fraction of sp³-hybridized carbons (Fsp3) is 0.300. The van der Waals surface area contributed by atoms with E-state index >= 15 is 0 Å². The number of hydrogen-bond acceptors (Lipinski definition) is 6. The van der Waals surface area contributed by atoms with Crippen molar-refractivity contribution in [1.82, 2.24) is 10.0 Å². The van der Waals surface area contributed by atoms with Gasteiger partial charge in [-0.05, 0) is 44.0 Å². The van der Waals surface area contributed by atoms with Crippen molar-refractivity contribution in [3.05, 3.63) is 59.9 Å². The Morgan fingerprint density at radius 3 is 2.11 bits per heavy atom. The standard InChI is InChI=1S/C20H19N3O4/c1-20(8-12-22(13-9-20)14-6-10-21-11-7-14)19(26)27-23-17(24)15-4-2-3-5-16(15)18(23)25/h2-7,10-11H,8-9,12-13H2,1H3. The lowest BCUT2D eigenvalue weighted by molar-refractivity contribution is -0.181. The molecule has 3 heterocycles. The van der Waals surface area contributed by atoms with E-state index in [0.29, 0.717) is 31.0 Å². The average molecular weight is 365 g/mol. The molecule has 0 bridgehead atoms. The van der Waals surface area contributed by atoms with Gasteiger partial charge in [0.1, 0.15) is 0 Å². The summed E-state index contributed by atoms with van der Waals surface area (Å²) in [5.41, 5.74) is 0.820. The van der Waals surface area contributed by atoms with Gasteiger partial charge in [-0.25, -0.2) is 4.79 Å². The molecule has 2 aromatic rings. The molecule has 1 saturated heterocycles. The van der Waals surface area contributed by atoms with Crippen molar-refractivity contribution >= 4 is 23.5 Å². The predicted molar refractivity (Wildman–Crippen MR) is 96.8 cm³/mol. The van der Waals surface area contributed by atoms with Crippen LogP contribution in [0.3, 0.4) is 0 Å². The molecule has 7 heteroatoms. The third kappa shape index (κ3) is 2.95. The van der Waals surface area contributed by atoms with Gasteiger partial charge in [-0.3, -0.25) is 14.6 Å². The summed E-state index contributed by atoms with van der Waals surface area (Å²) in [6.07, 6.45) is 4.61. The second-order valence-electron chi connectivity index (χ2n) is 7.08. The van der Waals surface area contributed by atoms with Crippen LogP contribution in [0, 0.1) is 5.41 Å². The maximum absolute atomic E-state index is 12.8. The van der Waals surface area contributed by atoms with E-state index < -0.39 is 23.2 Å². The number of nitrogens with zero attached hydrogens (tertiary/aromatic N) is 3. The number of fused-ring (bicyclic) bond motifs is 1. The minimum absolute atomic E-state index is 0.257. The number of anilines is 1. The Kier molecular flexibility index (Phi) is 4.14. The zero-order valence-corrected chi connectivity index (χ0v) is 14.9. The van der Waals surface area contributed by atoms with Crippen LogP contribution >= 0.6 is 0 Å². The molecule has 138 valence electrons. The molecule has 0 saturated carbocycles. The number of amides is 2. The Morgan fingerprint density at radius 2 is 1.56 bits per heavy atom. The molecule has 2 amide bonds. The van der Waals surface area contributed by atoms with Crippen molar-refractivity contribution in [3.8, 4) is 0 Å². The Balaban J connectivity index is 1.43. The number of benzene rings is 1. The number of pyridine rings is 1. The Bertz CT molecular complexity index is 869. The molecule has 0 unspecified atom stereocenters. The van der Waals surface area contributed by atoms with Crippen LogP contribution in [0.1, 0.15) is 40.5 Å². The molecule has 0 atom stereocenters. The highest BCUT2D eigenvalue weighted by Crippen LogP contribution is 2.35. The fourth-order valence-corrected chi connectivity index (χ4v) is 3.46. The van der Waals surface area contributed by atoms with Crippen LogP contribution in [-0.2, 0) is 9.63 Å². The highest BCUT2D eigenvalue weighted by Gasteiger charge is 2.44. The molecule has 1 aromatic heterocycles. The Hall–Kier alpha value is -3.22. The summed E-state index contributed by atoms with van der Waals surface area (Å²) in [7, 11) is 0. The van der Waals surface area contributed by atoms with Gasteiger partial charge in [0.2, 0.25) is 0 Å². The number of hydrogen-bond donors (Lipinski definition) is 0. The fourth-order valence-electron chi connectivity index (χ4n) is 3.46. The molecule has 0 aliphatic carbocycles. The number of hydroxylamine groups is 2. The molecule has 2 aliphatic heterocycles. The summed E-state index contributed by atoms with van der Waals surface area (Å²) in [5.74, 6) is -1.74. The van der Waals surface area contributed by atoms with E-state index in [-0.39, 0.29) is 11.1 Å². The molecule has 7 nitrogen and oxygen atoms in total. The van der Waals surface area contributed by atoms with Gasteiger partial charge < -0.3 is 9.74 Å². The minimum atomic E-state index is -0.751. The van der Waals surface area contributed by atoms with Crippen molar-refractivity contribution in [1.29, 1.82) is 0 Å². The topological polar surface area (TPSA) is 79.8 Å². The lowest BCUT2D eigenvalue weighted by Gasteiger charge is -2.38. The van der Waals surface area contributed by atoms with E-state index in [2.05, 4.69) is 9.88 Å². The van der Waals surface area contributed by atoms with Gasteiger partial charge in [0, 0.05) is 31.2 Å². The zero-order chi connectivity index (χ0) is 19.0. The quantitative estimate of drug-likeness (QED) is 0.778. The molecule has 0 N–H and O–H groups in total. The maximum Gasteiger partial charge on any atom is 0.339 e. The van der Waals surface area contributed by atoms with Gasteiger partial charge in [-0.15, -0.1) is 0 Å². The lowest BCUT2D eigenvalue weighted by atomic mass is 9.80. The SMILES string of the molecule is CC1(C(=O)ON2C(=O)c3ccccc3C2=O)CCN(c2ccncc2)CC1. The monoisotopic (exact) mass is 365 g/mol. The summed E-state index contributed by atoms with van der Waals surface area (Å²) >= 11 is 0. The van der Waals surface area contributed by atoms with Crippen LogP contribution in [0.25, 0.3) is 0 Å². The largest absolute Gasteiger partial charge is 0.371 e. The normalized spacial score (nSPS) is 18.4. The summed E-state index contributed by atoms with van der Waals surface area (Å²) < 4.78 is 0. The van der Waals surface area contributed by atoms with Crippen LogP contribution in [0.15, 0.2) is 48.8 Å². The molecule has 1 fully saturated rings. The summed E-state index contributed by atoms with van der Waals surface area (Å²) in [4.78, 5) is 49.0. The van der Waals surface area contributed by atoms with Gasteiger partial charge in [0.05, 0.1) is 16.5 Å². The molecule has 0 radical (unpaired) electrons. The molecular formula is C20H19N3O4.